The van der Waals surface area contributed by atoms with E-state index in [0.29, 0.717) is 22.1 Å². The molecule has 0 amide bonds. The number of rotatable bonds is 3. The minimum atomic E-state index is -0.0993. The molecule has 0 aliphatic heterocycles. The van der Waals surface area contributed by atoms with Crippen LogP contribution in [0, 0.1) is 0 Å². The van der Waals surface area contributed by atoms with E-state index in [2.05, 4.69) is 21.1 Å². The summed E-state index contributed by atoms with van der Waals surface area (Å²) in [5.41, 5.74) is 5.96. The van der Waals surface area contributed by atoms with Crippen molar-refractivity contribution in [3.8, 4) is 11.5 Å². The van der Waals surface area contributed by atoms with Gasteiger partial charge in [-0.15, -0.1) is 0 Å². The lowest BCUT2D eigenvalue weighted by Gasteiger charge is -2.11. The van der Waals surface area contributed by atoms with E-state index >= 15 is 0 Å². The number of ether oxygens (including phenoxy) is 1. The van der Waals surface area contributed by atoms with E-state index in [0.717, 1.165) is 4.47 Å². The molecule has 98 valence electrons. The zero-order chi connectivity index (χ0) is 13.8. The molecule has 2 aromatic rings. The Morgan fingerprint density at radius 2 is 1.89 bits per heavy atom. The molecule has 0 radical (unpaired) electrons. The third-order valence-electron chi connectivity index (χ3n) is 2.38. The minimum absolute atomic E-state index is 0.0993. The van der Waals surface area contributed by atoms with Crippen molar-refractivity contribution in [2.24, 2.45) is 10.9 Å². The van der Waals surface area contributed by atoms with E-state index in [1.807, 2.05) is 12.1 Å². The highest BCUT2D eigenvalue weighted by Gasteiger charge is 2.13. The first-order valence-corrected chi connectivity index (χ1v) is 6.48. The molecule has 4 nitrogen and oxygen atoms in total. The molecule has 0 spiro atoms. The fraction of sp³-hybridized carbons (Fsp3) is 0. The molecule has 0 saturated heterocycles. The molecule has 2 rings (SSSR count). The Bertz CT molecular complexity index is 615. The number of nitrogens with zero attached hydrogens (tertiary/aromatic N) is 1. The van der Waals surface area contributed by atoms with Crippen LogP contribution in [0.3, 0.4) is 0 Å². The first-order valence-electron chi connectivity index (χ1n) is 5.31. The van der Waals surface area contributed by atoms with Gasteiger partial charge in [0.25, 0.3) is 0 Å². The molecule has 0 aromatic heterocycles. The van der Waals surface area contributed by atoms with Crippen LogP contribution in [0.5, 0.6) is 11.5 Å². The predicted octanol–water partition coefficient (Wildman–Crippen LogP) is 3.99. The van der Waals surface area contributed by atoms with Gasteiger partial charge in [0, 0.05) is 4.47 Å². The van der Waals surface area contributed by atoms with Crippen molar-refractivity contribution in [1.82, 2.24) is 0 Å². The molecule has 6 heteroatoms. The zero-order valence-corrected chi connectivity index (χ0v) is 12.0. The third-order valence-corrected chi connectivity index (χ3v) is 3.22. The van der Waals surface area contributed by atoms with Crippen molar-refractivity contribution in [1.29, 1.82) is 0 Å². The van der Waals surface area contributed by atoms with E-state index in [4.69, 9.17) is 27.3 Å². The fourth-order valence-corrected chi connectivity index (χ4v) is 2.04. The van der Waals surface area contributed by atoms with E-state index in [1.165, 1.54) is 0 Å². The van der Waals surface area contributed by atoms with Crippen molar-refractivity contribution in [3.63, 3.8) is 0 Å². The average molecular weight is 342 g/mol. The average Bonchev–Trinajstić information content (AvgIpc) is 2.41. The maximum Gasteiger partial charge on any atom is 0.175 e. The fourth-order valence-electron chi connectivity index (χ4n) is 1.52. The number of amidine groups is 1. The van der Waals surface area contributed by atoms with Gasteiger partial charge in [-0.1, -0.05) is 38.8 Å². The highest BCUT2D eigenvalue weighted by atomic mass is 79.9. The molecule has 0 aliphatic carbocycles. The standard InChI is InChI=1S/C13H10BrClN2O2/c14-8-4-6-9(7-5-8)19-11-3-1-2-10(15)12(11)13(16)17-18/h1-7,18H,(H2,16,17). The molecule has 0 saturated carbocycles. The molecule has 0 fully saturated rings. The number of halogens is 2. The van der Waals surface area contributed by atoms with Gasteiger partial charge in [-0.3, -0.25) is 0 Å². The van der Waals surface area contributed by atoms with Crippen LogP contribution in [0.15, 0.2) is 52.1 Å². The molecule has 0 aliphatic rings. The van der Waals surface area contributed by atoms with Crippen LogP contribution in [0.25, 0.3) is 0 Å². The van der Waals surface area contributed by atoms with E-state index in [-0.39, 0.29) is 5.84 Å². The van der Waals surface area contributed by atoms with Crippen molar-refractivity contribution in [3.05, 3.63) is 57.5 Å². The van der Waals surface area contributed by atoms with Crippen LogP contribution in [0.2, 0.25) is 5.02 Å². The van der Waals surface area contributed by atoms with Gasteiger partial charge >= 0.3 is 0 Å². The lowest BCUT2D eigenvalue weighted by Crippen LogP contribution is -2.14. The number of hydrogen-bond donors (Lipinski definition) is 2. The van der Waals surface area contributed by atoms with Gasteiger partial charge in [-0.2, -0.15) is 0 Å². The van der Waals surface area contributed by atoms with Crippen LogP contribution in [0.4, 0.5) is 0 Å². The second-order valence-electron chi connectivity index (χ2n) is 3.65. The highest BCUT2D eigenvalue weighted by Crippen LogP contribution is 2.30. The molecule has 0 unspecified atom stereocenters. The van der Waals surface area contributed by atoms with Crippen molar-refractivity contribution < 1.29 is 9.94 Å². The zero-order valence-electron chi connectivity index (χ0n) is 9.68. The summed E-state index contributed by atoms with van der Waals surface area (Å²) in [4.78, 5) is 0. The summed E-state index contributed by atoms with van der Waals surface area (Å²) in [7, 11) is 0. The maximum atomic E-state index is 8.78. The number of oxime groups is 1. The number of benzene rings is 2. The van der Waals surface area contributed by atoms with Gasteiger partial charge < -0.3 is 15.7 Å². The van der Waals surface area contributed by atoms with E-state index in [9.17, 15) is 0 Å². The quantitative estimate of drug-likeness (QED) is 0.384. The SMILES string of the molecule is NC(=NO)c1c(Cl)cccc1Oc1ccc(Br)cc1. The molecular weight excluding hydrogens is 332 g/mol. The van der Waals surface area contributed by atoms with Crippen LogP contribution in [-0.2, 0) is 0 Å². The van der Waals surface area contributed by atoms with E-state index in [1.54, 1.807) is 30.3 Å². The summed E-state index contributed by atoms with van der Waals surface area (Å²) >= 11 is 9.38. The molecule has 19 heavy (non-hydrogen) atoms. The highest BCUT2D eigenvalue weighted by molar-refractivity contribution is 9.10. The monoisotopic (exact) mass is 340 g/mol. The van der Waals surface area contributed by atoms with Gasteiger partial charge in [-0.25, -0.2) is 0 Å². The summed E-state index contributed by atoms with van der Waals surface area (Å²) in [6, 6.07) is 12.4. The Kier molecular flexibility index (Phi) is 4.29. The smallest absolute Gasteiger partial charge is 0.175 e. The van der Waals surface area contributed by atoms with Gasteiger partial charge in [0.15, 0.2) is 5.84 Å². The topological polar surface area (TPSA) is 67.8 Å². The van der Waals surface area contributed by atoms with Gasteiger partial charge in [0.1, 0.15) is 11.5 Å². The summed E-state index contributed by atoms with van der Waals surface area (Å²) in [6.45, 7) is 0. The Balaban J connectivity index is 2.40. The molecule has 0 heterocycles. The first-order chi connectivity index (χ1) is 9.11. The predicted molar refractivity (Wildman–Crippen MR) is 78.2 cm³/mol. The first kappa shape index (κ1) is 13.7. The lowest BCUT2D eigenvalue weighted by atomic mass is 10.2. The van der Waals surface area contributed by atoms with Gasteiger partial charge in [0.2, 0.25) is 0 Å². The van der Waals surface area contributed by atoms with E-state index < -0.39 is 0 Å². The molecule has 0 bridgehead atoms. The van der Waals surface area contributed by atoms with Crippen molar-refractivity contribution in [2.45, 2.75) is 0 Å². The second-order valence-corrected chi connectivity index (χ2v) is 4.98. The largest absolute Gasteiger partial charge is 0.457 e. The maximum absolute atomic E-state index is 8.78. The summed E-state index contributed by atoms with van der Waals surface area (Å²) < 4.78 is 6.64. The van der Waals surface area contributed by atoms with Crippen LogP contribution in [-0.4, -0.2) is 11.0 Å². The van der Waals surface area contributed by atoms with Crippen molar-refractivity contribution >= 4 is 33.4 Å². The molecular formula is C13H10BrClN2O2. The minimum Gasteiger partial charge on any atom is -0.457 e. The Labute approximate surface area is 123 Å². The number of nitrogens with two attached hydrogens (primary N) is 1. The summed E-state index contributed by atoms with van der Waals surface area (Å²) in [5.74, 6) is 0.945. The Morgan fingerprint density at radius 1 is 1.21 bits per heavy atom. The third kappa shape index (κ3) is 3.19. The second kappa shape index (κ2) is 5.95. The van der Waals surface area contributed by atoms with Crippen LogP contribution < -0.4 is 10.5 Å². The molecule has 0 atom stereocenters. The Hall–Kier alpha value is -1.72. The molecule has 2 aromatic carbocycles. The van der Waals surface area contributed by atoms with Gasteiger partial charge in [0.05, 0.1) is 10.6 Å². The normalized spacial score (nSPS) is 11.4. The van der Waals surface area contributed by atoms with Crippen molar-refractivity contribution in [2.75, 3.05) is 0 Å². The van der Waals surface area contributed by atoms with Crippen LogP contribution >= 0.6 is 27.5 Å². The summed E-state index contributed by atoms with van der Waals surface area (Å²) in [5, 5.41) is 12.1. The Morgan fingerprint density at radius 3 is 2.53 bits per heavy atom. The summed E-state index contributed by atoms with van der Waals surface area (Å²) in [6.07, 6.45) is 0. The number of hydrogen-bond acceptors (Lipinski definition) is 3. The lowest BCUT2D eigenvalue weighted by molar-refractivity contribution is 0.318. The van der Waals surface area contributed by atoms with Crippen LogP contribution in [0.1, 0.15) is 5.56 Å². The molecule has 3 N–H and O–H groups in total. The van der Waals surface area contributed by atoms with Gasteiger partial charge in [-0.05, 0) is 36.4 Å².